The van der Waals surface area contributed by atoms with Gasteiger partial charge >= 0.3 is 5.97 Å². The van der Waals surface area contributed by atoms with Gasteiger partial charge < -0.3 is 9.47 Å². The summed E-state index contributed by atoms with van der Waals surface area (Å²) in [7, 11) is 0. The molecule has 0 aliphatic rings. The summed E-state index contributed by atoms with van der Waals surface area (Å²) in [5.41, 5.74) is -0.433. The zero-order valence-electron chi connectivity index (χ0n) is 10.6. The van der Waals surface area contributed by atoms with Gasteiger partial charge in [-0.3, -0.25) is 4.79 Å². The highest BCUT2D eigenvalue weighted by Gasteiger charge is 2.24. The summed E-state index contributed by atoms with van der Waals surface area (Å²) in [6.07, 6.45) is 3.08. The van der Waals surface area contributed by atoms with Crippen LogP contribution in [0.2, 0.25) is 0 Å². The van der Waals surface area contributed by atoms with E-state index < -0.39 is 5.60 Å². The number of hydrogen-bond donors (Lipinski definition) is 0. The lowest BCUT2D eigenvalue weighted by molar-refractivity contribution is -0.156. The van der Waals surface area contributed by atoms with Crippen molar-refractivity contribution in [3.8, 4) is 0 Å². The van der Waals surface area contributed by atoms with Gasteiger partial charge in [0.15, 0.2) is 0 Å². The summed E-state index contributed by atoms with van der Waals surface area (Å²) >= 11 is 0. The van der Waals surface area contributed by atoms with E-state index in [1.54, 1.807) is 0 Å². The van der Waals surface area contributed by atoms with Gasteiger partial charge in [-0.25, -0.2) is 0 Å². The first-order chi connectivity index (χ1) is 6.87. The van der Waals surface area contributed by atoms with E-state index in [2.05, 4.69) is 6.92 Å². The van der Waals surface area contributed by atoms with Gasteiger partial charge in [-0.15, -0.1) is 0 Å². The third-order valence-corrected chi connectivity index (χ3v) is 2.10. The third kappa shape index (κ3) is 8.43. The highest BCUT2D eigenvalue weighted by atomic mass is 16.6. The molecule has 0 amide bonds. The number of carbonyl (C=O) groups excluding carboxylic acids is 1. The van der Waals surface area contributed by atoms with E-state index in [-0.39, 0.29) is 12.1 Å². The number of unbranched alkanes of at least 4 members (excludes halogenated alkanes) is 1. The van der Waals surface area contributed by atoms with Crippen LogP contribution in [0.15, 0.2) is 0 Å². The standard InChI is InChI=1S/C12H24O3/c1-6-7-8-14-10(2)9-12(4,5)15-11(3)13/h10H,6-9H2,1-5H3. The molecule has 0 spiro atoms. The van der Waals surface area contributed by atoms with Crippen LogP contribution in [0.1, 0.15) is 53.9 Å². The molecule has 0 bridgehead atoms. The second-order valence-electron chi connectivity index (χ2n) is 4.59. The fraction of sp³-hybridized carbons (Fsp3) is 0.917. The van der Waals surface area contributed by atoms with Crippen LogP contribution in [-0.4, -0.2) is 24.3 Å². The fourth-order valence-corrected chi connectivity index (χ4v) is 1.61. The second kappa shape index (κ2) is 6.83. The Morgan fingerprint density at radius 1 is 1.40 bits per heavy atom. The van der Waals surface area contributed by atoms with Crippen LogP contribution < -0.4 is 0 Å². The molecular weight excluding hydrogens is 192 g/mol. The molecule has 1 atom stereocenters. The van der Waals surface area contributed by atoms with Crippen LogP contribution in [0.5, 0.6) is 0 Å². The molecule has 1 unspecified atom stereocenters. The Hall–Kier alpha value is -0.570. The second-order valence-corrected chi connectivity index (χ2v) is 4.59. The van der Waals surface area contributed by atoms with E-state index in [1.165, 1.54) is 6.92 Å². The molecular formula is C12H24O3. The minimum absolute atomic E-state index is 0.130. The van der Waals surface area contributed by atoms with Crippen molar-refractivity contribution >= 4 is 5.97 Å². The predicted molar refractivity (Wildman–Crippen MR) is 60.8 cm³/mol. The van der Waals surface area contributed by atoms with Gasteiger partial charge in [0.1, 0.15) is 5.60 Å². The lowest BCUT2D eigenvalue weighted by Gasteiger charge is -2.27. The summed E-state index contributed by atoms with van der Waals surface area (Å²) in [4.78, 5) is 10.8. The van der Waals surface area contributed by atoms with Crippen molar-refractivity contribution in [2.75, 3.05) is 6.61 Å². The van der Waals surface area contributed by atoms with Crippen molar-refractivity contribution in [1.82, 2.24) is 0 Å². The number of carbonyl (C=O) groups is 1. The minimum Gasteiger partial charge on any atom is -0.460 e. The van der Waals surface area contributed by atoms with E-state index in [9.17, 15) is 4.79 Å². The molecule has 15 heavy (non-hydrogen) atoms. The topological polar surface area (TPSA) is 35.5 Å². The third-order valence-electron chi connectivity index (χ3n) is 2.10. The van der Waals surface area contributed by atoms with Crippen molar-refractivity contribution in [1.29, 1.82) is 0 Å². The van der Waals surface area contributed by atoms with Gasteiger partial charge in [0.2, 0.25) is 0 Å². The van der Waals surface area contributed by atoms with Gasteiger partial charge in [-0.1, -0.05) is 13.3 Å². The Balaban J connectivity index is 3.82. The largest absolute Gasteiger partial charge is 0.460 e. The van der Waals surface area contributed by atoms with Gasteiger partial charge in [-0.05, 0) is 27.2 Å². The predicted octanol–water partition coefficient (Wildman–Crippen LogP) is 2.92. The van der Waals surface area contributed by atoms with E-state index in [0.717, 1.165) is 25.9 Å². The van der Waals surface area contributed by atoms with Crippen molar-refractivity contribution in [2.45, 2.75) is 65.6 Å². The maximum Gasteiger partial charge on any atom is 0.303 e. The molecule has 0 heterocycles. The van der Waals surface area contributed by atoms with Gasteiger partial charge in [0.05, 0.1) is 6.10 Å². The Bertz CT molecular complexity index is 187. The summed E-state index contributed by atoms with van der Waals surface area (Å²) in [5, 5.41) is 0. The Kier molecular flexibility index (Phi) is 6.57. The smallest absolute Gasteiger partial charge is 0.303 e. The molecule has 0 aliphatic carbocycles. The average Bonchev–Trinajstić information content (AvgIpc) is 2.00. The van der Waals surface area contributed by atoms with Crippen LogP contribution in [0, 0.1) is 0 Å². The van der Waals surface area contributed by atoms with Crippen LogP contribution in [-0.2, 0) is 14.3 Å². The summed E-state index contributed by atoms with van der Waals surface area (Å²) in [5.74, 6) is -0.235. The quantitative estimate of drug-likeness (QED) is 0.485. The highest BCUT2D eigenvalue weighted by molar-refractivity contribution is 5.66. The molecule has 90 valence electrons. The molecule has 0 rings (SSSR count). The SMILES string of the molecule is CCCCOC(C)CC(C)(C)OC(C)=O. The van der Waals surface area contributed by atoms with Crippen LogP contribution >= 0.6 is 0 Å². The van der Waals surface area contributed by atoms with Crippen LogP contribution in [0.25, 0.3) is 0 Å². The minimum atomic E-state index is -0.433. The lowest BCUT2D eigenvalue weighted by atomic mass is 10.0. The van der Waals surface area contributed by atoms with E-state index >= 15 is 0 Å². The number of rotatable bonds is 7. The van der Waals surface area contributed by atoms with E-state index in [1.807, 2.05) is 20.8 Å². The molecule has 0 N–H and O–H groups in total. The van der Waals surface area contributed by atoms with Gasteiger partial charge in [0, 0.05) is 20.0 Å². The zero-order chi connectivity index (χ0) is 11.9. The van der Waals surface area contributed by atoms with E-state index in [0.29, 0.717) is 0 Å². The summed E-state index contributed by atoms with van der Waals surface area (Å²) in [6.45, 7) is 10.2. The van der Waals surface area contributed by atoms with Crippen LogP contribution in [0.3, 0.4) is 0 Å². The van der Waals surface area contributed by atoms with Crippen LogP contribution in [0.4, 0.5) is 0 Å². The number of hydrogen-bond acceptors (Lipinski definition) is 3. The maximum atomic E-state index is 10.8. The first-order valence-electron chi connectivity index (χ1n) is 5.68. The molecule has 0 aromatic carbocycles. The molecule has 0 aromatic rings. The molecule has 0 saturated carbocycles. The lowest BCUT2D eigenvalue weighted by Crippen LogP contribution is -2.32. The zero-order valence-corrected chi connectivity index (χ0v) is 10.6. The number of ether oxygens (including phenoxy) is 2. The molecule has 3 heteroatoms. The summed E-state index contributed by atoms with van der Waals surface area (Å²) in [6, 6.07) is 0. The van der Waals surface area contributed by atoms with Gasteiger partial charge in [0.25, 0.3) is 0 Å². The van der Waals surface area contributed by atoms with Crippen molar-refractivity contribution in [3.05, 3.63) is 0 Å². The van der Waals surface area contributed by atoms with Crippen molar-refractivity contribution in [2.24, 2.45) is 0 Å². The molecule has 0 fully saturated rings. The Morgan fingerprint density at radius 2 is 2.00 bits per heavy atom. The van der Waals surface area contributed by atoms with E-state index in [4.69, 9.17) is 9.47 Å². The fourth-order valence-electron chi connectivity index (χ4n) is 1.61. The Labute approximate surface area is 93.1 Å². The molecule has 0 aliphatic heterocycles. The average molecular weight is 216 g/mol. The molecule has 3 nitrogen and oxygen atoms in total. The molecule has 0 saturated heterocycles. The first kappa shape index (κ1) is 14.4. The highest BCUT2D eigenvalue weighted by Crippen LogP contribution is 2.18. The first-order valence-corrected chi connectivity index (χ1v) is 5.68. The Morgan fingerprint density at radius 3 is 2.47 bits per heavy atom. The van der Waals surface area contributed by atoms with Crippen molar-refractivity contribution in [3.63, 3.8) is 0 Å². The van der Waals surface area contributed by atoms with Crippen molar-refractivity contribution < 1.29 is 14.3 Å². The monoisotopic (exact) mass is 216 g/mol. The number of esters is 1. The maximum absolute atomic E-state index is 10.8. The summed E-state index contributed by atoms with van der Waals surface area (Å²) < 4.78 is 10.8. The molecule has 0 aromatic heterocycles. The molecule has 0 radical (unpaired) electrons. The van der Waals surface area contributed by atoms with Gasteiger partial charge in [-0.2, -0.15) is 0 Å². The normalized spacial score (nSPS) is 13.7.